The Kier molecular flexibility index (Phi) is 5.39. The maximum absolute atomic E-state index is 12.3. The summed E-state index contributed by atoms with van der Waals surface area (Å²) in [4.78, 5) is 1.20. The molecule has 20 heavy (non-hydrogen) atoms. The van der Waals surface area contributed by atoms with Crippen LogP contribution in [0.3, 0.4) is 0 Å². The molecule has 0 fully saturated rings. The van der Waals surface area contributed by atoms with E-state index in [9.17, 15) is 8.42 Å². The number of hydrogen-bond acceptors (Lipinski definition) is 4. The molecule has 0 radical (unpaired) electrons. The fourth-order valence-corrected chi connectivity index (χ4v) is 4.17. The second-order valence-electron chi connectivity index (χ2n) is 4.61. The summed E-state index contributed by atoms with van der Waals surface area (Å²) in [6, 6.07) is 5.83. The second kappa shape index (κ2) is 7.06. The zero-order valence-corrected chi connectivity index (χ0v) is 13.1. The predicted octanol–water partition coefficient (Wildman–Crippen LogP) is 3.13. The molecule has 0 atom stereocenters. The van der Waals surface area contributed by atoms with Gasteiger partial charge in [-0.25, -0.2) is 8.42 Å². The molecule has 0 aliphatic heterocycles. The maximum Gasteiger partial charge on any atom is 0.214 e. The van der Waals surface area contributed by atoms with Crippen molar-refractivity contribution in [1.29, 1.82) is 0 Å². The van der Waals surface area contributed by atoms with Crippen LogP contribution in [0.25, 0.3) is 0 Å². The van der Waals surface area contributed by atoms with E-state index in [1.54, 1.807) is 34.2 Å². The molecule has 2 heterocycles. The topological polar surface area (TPSA) is 50.5 Å². The highest BCUT2D eigenvalue weighted by molar-refractivity contribution is 7.89. The molecule has 0 aromatic carbocycles. The van der Waals surface area contributed by atoms with Crippen LogP contribution in [0.2, 0.25) is 0 Å². The van der Waals surface area contributed by atoms with E-state index in [0.717, 1.165) is 12.0 Å². The van der Waals surface area contributed by atoms with Crippen LogP contribution in [0.4, 0.5) is 0 Å². The third kappa shape index (κ3) is 4.19. The van der Waals surface area contributed by atoms with Crippen molar-refractivity contribution in [3.8, 4) is 0 Å². The zero-order valence-electron chi connectivity index (χ0n) is 11.5. The summed E-state index contributed by atoms with van der Waals surface area (Å²) in [6.07, 6.45) is 4.54. The minimum Gasteiger partial charge on any atom is -0.472 e. The highest BCUT2D eigenvalue weighted by atomic mass is 32.2. The molecule has 2 rings (SSSR count). The Hall–Kier alpha value is -1.11. The number of rotatable bonds is 8. The van der Waals surface area contributed by atoms with Gasteiger partial charge in [-0.2, -0.15) is 4.31 Å². The van der Waals surface area contributed by atoms with Crippen LogP contribution in [-0.2, 0) is 23.0 Å². The summed E-state index contributed by atoms with van der Waals surface area (Å²) in [5.74, 6) is 0.190. The fourth-order valence-electron chi connectivity index (χ4n) is 1.98. The second-order valence-corrected chi connectivity index (χ2v) is 7.73. The lowest BCUT2D eigenvalue weighted by molar-refractivity contribution is 0.408. The van der Waals surface area contributed by atoms with E-state index in [1.807, 2.05) is 24.4 Å². The summed E-state index contributed by atoms with van der Waals surface area (Å²) >= 11 is 1.66. The number of hydrogen-bond donors (Lipinski definition) is 0. The standard InChI is InChI=1S/C14H19NO3S2/c1-2-10-20(16,17)15(11-13-6-8-18-12-13)7-5-14-4-3-9-19-14/h3-4,6,8-9,12H,2,5,7,10-11H2,1H3. The normalized spacial score (nSPS) is 12.1. The molecule has 0 aliphatic carbocycles. The molecule has 0 aliphatic rings. The highest BCUT2D eigenvalue weighted by Gasteiger charge is 2.21. The Morgan fingerprint density at radius 3 is 2.80 bits per heavy atom. The van der Waals surface area contributed by atoms with Gasteiger partial charge in [-0.1, -0.05) is 13.0 Å². The number of furan rings is 1. The largest absolute Gasteiger partial charge is 0.472 e. The molecule has 2 aromatic rings. The van der Waals surface area contributed by atoms with Crippen molar-refractivity contribution in [3.63, 3.8) is 0 Å². The molecule has 0 N–H and O–H groups in total. The first-order chi connectivity index (χ1) is 9.62. The predicted molar refractivity (Wildman–Crippen MR) is 81.2 cm³/mol. The van der Waals surface area contributed by atoms with Crippen LogP contribution in [0.15, 0.2) is 40.5 Å². The number of thiophene rings is 1. The van der Waals surface area contributed by atoms with Gasteiger partial charge in [0, 0.05) is 23.5 Å². The van der Waals surface area contributed by atoms with Crippen LogP contribution in [0.5, 0.6) is 0 Å². The van der Waals surface area contributed by atoms with Crippen molar-refractivity contribution in [2.24, 2.45) is 0 Å². The minimum atomic E-state index is -3.21. The summed E-state index contributed by atoms with van der Waals surface area (Å²) in [5, 5.41) is 2.01. The van der Waals surface area contributed by atoms with Crippen LogP contribution in [0, 0.1) is 0 Å². The first-order valence-corrected chi connectivity index (χ1v) is 9.12. The molecular weight excluding hydrogens is 294 g/mol. The van der Waals surface area contributed by atoms with Gasteiger partial charge in [-0.15, -0.1) is 11.3 Å². The van der Waals surface area contributed by atoms with Crippen LogP contribution < -0.4 is 0 Å². The molecule has 0 saturated carbocycles. The van der Waals surface area contributed by atoms with Crippen molar-refractivity contribution in [2.45, 2.75) is 26.3 Å². The van der Waals surface area contributed by atoms with Crippen molar-refractivity contribution in [1.82, 2.24) is 4.31 Å². The molecular formula is C14H19NO3S2. The van der Waals surface area contributed by atoms with E-state index in [2.05, 4.69) is 0 Å². The SMILES string of the molecule is CCCS(=O)(=O)N(CCc1cccs1)Cc1ccoc1. The van der Waals surface area contributed by atoms with Gasteiger partial charge in [-0.05, 0) is 30.4 Å². The first-order valence-electron chi connectivity index (χ1n) is 6.63. The van der Waals surface area contributed by atoms with Crippen LogP contribution in [0.1, 0.15) is 23.8 Å². The van der Waals surface area contributed by atoms with Gasteiger partial charge < -0.3 is 4.42 Å². The Balaban J connectivity index is 2.07. The highest BCUT2D eigenvalue weighted by Crippen LogP contribution is 2.15. The molecule has 0 amide bonds. The van der Waals surface area contributed by atoms with Crippen molar-refractivity contribution < 1.29 is 12.8 Å². The van der Waals surface area contributed by atoms with E-state index in [0.29, 0.717) is 19.5 Å². The van der Waals surface area contributed by atoms with E-state index in [1.165, 1.54) is 4.88 Å². The molecule has 0 saturated heterocycles. The lowest BCUT2D eigenvalue weighted by Crippen LogP contribution is -2.34. The third-order valence-electron chi connectivity index (χ3n) is 2.98. The molecule has 0 unspecified atom stereocenters. The summed E-state index contributed by atoms with van der Waals surface area (Å²) < 4.78 is 31.2. The van der Waals surface area contributed by atoms with Gasteiger partial charge in [0.25, 0.3) is 0 Å². The Morgan fingerprint density at radius 2 is 2.20 bits per heavy atom. The Bertz CT molecular complexity index is 588. The summed E-state index contributed by atoms with van der Waals surface area (Å²) in [6.45, 7) is 2.77. The molecule has 2 aromatic heterocycles. The zero-order chi connectivity index (χ0) is 14.4. The van der Waals surface area contributed by atoms with Gasteiger partial charge in [0.2, 0.25) is 10.0 Å². The van der Waals surface area contributed by atoms with Gasteiger partial charge in [0.15, 0.2) is 0 Å². The number of sulfonamides is 1. The summed E-state index contributed by atoms with van der Waals surface area (Å²) in [7, 11) is -3.21. The minimum absolute atomic E-state index is 0.190. The van der Waals surface area contributed by atoms with E-state index < -0.39 is 10.0 Å². The lowest BCUT2D eigenvalue weighted by Gasteiger charge is -2.21. The van der Waals surface area contributed by atoms with Crippen molar-refractivity contribution in [2.75, 3.05) is 12.3 Å². The molecule has 110 valence electrons. The average molecular weight is 313 g/mol. The van der Waals surface area contributed by atoms with E-state index >= 15 is 0 Å². The quantitative estimate of drug-likeness (QED) is 0.752. The smallest absolute Gasteiger partial charge is 0.214 e. The third-order valence-corrected chi connectivity index (χ3v) is 5.94. The fraction of sp³-hybridized carbons (Fsp3) is 0.429. The van der Waals surface area contributed by atoms with Crippen LogP contribution in [-0.4, -0.2) is 25.0 Å². The van der Waals surface area contributed by atoms with E-state index in [-0.39, 0.29) is 5.75 Å². The molecule has 6 heteroatoms. The van der Waals surface area contributed by atoms with Crippen molar-refractivity contribution in [3.05, 3.63) is 46.5 Å². The van der Waals surface area contributed by atoms with Crippen molar-refractivity contribution >= 4 is 21.4 Å². The molecule has 0 bridgehead atoms. The lowest BCUT2D eigenvalue weighted by atomic mass is 10.3. The Labute approximate surface area is 124 Å². The van der Waals surface area contributed by atoms with E-state index in [4.69, 9.17) is 4.42 Å². The maximum atomic E-state index is 12.3. The van der Waals surface area contributed by atoms with Gasteiger partial charge in [0.05, 0.1) is 18.3 Å². The average Bonchev–Trinajstić information content (AvgIpc) is 3.07. The van der Waals surface area contributed by atoms with Gasteiger partial charge in [0.1, 0.15) is 0 Å². The van der Waals surface area contributed by atoms with Crippen LogP contribution >= 0.6 is 11.3 Å². The van der Waals surface area contributed by atoms with Gasteiger partial charge in [-0.3, -0.25) is 0 Å². The van der Waals surface area contributed by atoms with Gasteiger partial charge >= 0.3 is 0 Å². The Morgan fingerprint density at radius 1 is 1.35 bits per heavy atom. The molecule has 4 nitrogen and oxygen atoms in total. The molecule has 0 spiro atoms. The summed E-state index contributed by atoms with van der Waals surface area (Å²) in [5.41, 5.74) is 0.885. The number of nitrogens with zero attached hydrogens (tertiary/aromatic N) is 1. The monoisotopic (exact) mass is 313 g/mol. The first kappa shape index (κ1) is 15.3.